The summed E-state index contributed by atoms with van der Waals surface area (Å²) in [5.41, 5.74) is 4.45. The zero-order valence-corrected chi connectivity index (χ0v) is 17.1. The van der Waals surface area contributed by atoms with Crippen molar-refractivity contribution >= 4 is 23.1 Å². The van der Waals surface area contributed by atoms with Crippen LogP contribution in [0.4, 0.5) is 17.2 Å². The second kappa shape index (κ2) is 9.68. The van der Waals surface area contributed by atoms with E-state index in [-0.39, 0.29) is 5.91 Å². The lowest BCUT2D eigenvalue weighted by atomic mass is 10.1. The van der Waals surface area contributed by atoms with Crippen molar-refractivity contribution in [2.24, 2.45) is 0 Å². The minimum atomic E-state index is -0.174. The van der Waals surface area contributed by atoms with E-state index in [1.54, 1.807) is 24.5 Å². The fourth-order valence-electron chi connectivity index (χ4n) is 3.08. The topological polar surface area (TPSA) is 70.2 Å². The molecule has 3 aromatic rings. The highest BCUT2D eigenvalue weighted by atomic mass is 16.1. The van der Waals surface area contributed by atoms with Gasteiger partial charge in [-0.2, -0.15) is 0 Å². The molecule has 0 saturated carbocycles. The normalized spacial score (nSPS) is 10.4. The zero-order valence-electron chi connectivity index (χ0n) is 17.1. The number of benzene rings is 1. The Balaban J connectivity index is 1.62. The van der Waals surface area contributed by atoms with E-state index < -0.39 is 0 Å². The standard InChI is InChI=1S/C23H27N5O/c1-4-28(5-2)20-10-11-21(17(3)14-20)27-23(29)18-9-12-22(25-15-18)26-16-19-8-6-7-13-24-19/h6-15H,4-5,16H2,1-3H3,(H,25,26)(H,27,29). The van der Waals surface area contributed by atoms with Crippen molar-refractivity contribution < 1.29 is 4.79 Å². The molecule has 6 heteroatoms. The Bertz CT molecular complexity index is 937. The lowest BCUT2D eigenvalue weighted by Crippen LogP contribution is -2.22. The summed E-state index contributed by atoms with van der Waals surface area (Å²) >= 11 is 0. The quantitative estimate of drug-likeness (QED) is 0.594. The van der Waals surface area contributed by atoms with Gasteiger partial charge in [0.25, 0.3) is 5.91 Å². The van der Waals surface area contributed by atoms with E-state index in [4.69, 9.17) is 0 Å². The Morgan fingerprint density at radius 2 is 1.86 bits per heavy atom. The van der Waals surface area contributed by atoms with Crippen molar-refractivity contribution in [3.8, 4) is 0 Å². The molecule has 29 heavy (non-hydrogen) atoms. The molecule has 0 radical (unpaired) electrons. The molecule has 3 rings (SSSR count). The first kappa shape index (κ1) is 20.3. The van der Waals surface area contributed by atoms with Crippen LogP contribution in [0.5, 0.6) is 0 Å². The molecule has 0 aliphatic rings. The molecule has 0 saturated heterocycles. The molecule has 6 nitrogen and oxygen atoms in total. The average Bonchev–Trinajstić information content (AvgIpc) is 2.76. The van der Waals surface area contributed by atoms with Crippen molar-refractivity contribution in [2.45, 2.75) is 27.3 Å². The van der Waals surface area contributed by atoms with Crippen molar-refractivity contribution in [2.75, 3.05) is 28.6 Å². The Morgan fingerprint density at radius 3 is 2.48 bits per heavy atom. The fourth-order valence-corrected chi connectivity index (χ4v) is 3.08. The maximum absolute atomic E-state index is 12.6. The molecule has 0 fully saturated rings. The minimum Gasteiger partial charge on any atom is -0.372 e. The van der Waals surface area contributed by atoms with Crippen molar-refractivity contribution in [1.29, 1.82) is 0 Å². The van der Waals surface area contributed by atoms with Crippen LogP contribution in [0, 0.1) is 6.92 Å². The van der Waals surface area contributed by atoms with E-state index in [1.807, 2.05) is 37.3 Å². The van der Waals surface area contributed by atoms with Gasteiger partial charge in [-0.1, -0.05) is 6.07 Å². The third-order valence-corrected chi connectivity index (χ3v) is 4.79. The molecule has 2 heterocycles. The number of pyridine rings is 2. The molecule has 1 amide bonds. The predicted octanol–water partition coefficient (Wildman–Crippen LogP) is 4.50. The number of aromatic nitrogens is 2. The number of nitrogens with zero attached hydrogens (tertiary/aromatic N) is 3. The van der Waals surface area contributed by atoms with Crippen LogP contribution in [0.1, 0.15) is 35.5 Å². The summed E-state index contributed by atoms with van der Waals surface area (Å²) in [6.07, 6.45) is 3.34. The van der Waals surface area contributed by atoms with E-state index in [0.29, 0.717) is 17.9 Å². The second-order valence-corrected chi connectivity index (χ2v) is 6.73. The fraction of sp³-hybridized carbons (Fsp3) is 0.261. The smallest absolute Gasteiger partial charge is 0.257 e. The van der Waals surface area contributed by atoms with Crippen LogP contribution in [0.15, 0.2) is 60.9 Å². The molecule has 0 spiro atoms. The van der Waals surface area contributed by atoms with Gasteiger partial charge < -0.3 is 15.5 Å². The number of anilines is 3. The summed E-state index contributed by atoms with van der Waals surface area (Å²) < 4.78 is 0. The van der Waals surface area contributed by atoms with E-state index in [9.17, 15) is 4.79 Å². The molecule has 0 atom stereocenters. The number of carbonyl (C=O) groups is 1. The van der Waals surface area contributed by atoms with Crippen molar-refractivity contribution in [3.05, 3.63) is 77.7 Å². The van der Waals surface area contributed by atoms with Gasteiger partial charge in [0.05, 0.1) is 17.8 Å². The summed E-state index contributed by atoms with van der Waals surface area (Å²) in [6.45, 7) is 8.76. The first-order valence-corrected chi connectivity index (χ1v) is 9.87. The molecule has 0 aliphatic heterocycles. The van der Waals surface area contributed by atoms with Crippen LogP contribution < -0.4 is 15.5 Å². The average molecular weight is 390 g/mol. The molecule has 1 aromatic carbocycles. The predicted molar refractivity (Wildman–Crippen MR) is 118 cm³/mol. The Morgan fingerprint density at radius 1 is 1.03 bits per heavy atom. The highest BCUT2D eigenvalue weighted by Crippen LogP contribution is 2.23. The van der Waals surface area contributed by atoms with Gasteiger partial charge in [0, 0.05) is 36.9 Å². The van der Waals surface area contributed by atoms with Gasteiger partial charge >= 0.3 is 0 Å². The van der Waals surface area contributed by atoms with Gasteiger partial charge in [0.15, 0.2) is 0 Å². The minimum absolute atomic E-state index is 0.174. The lowest BCUT2D eigenvalue weighted by Gasteiger charge is -2.22. The molecule has 2 N–H and O–H groups in total. The van der Waals surface area contributed by atoms with Gasteiger partial charge in [0.1, 0.15) is 5.82 Å². The summed E-state index contributed by atoms with van der Waals surface area (Å²) in [5.74, 6) is 0.527. The number of hydrogen-bond acceptors (Lipinski definition) is 5. The van der Waals surface area contributed by atoms with Gasteiger partial charge in [0.2, 0.25) is 0 Å². The molecule has 0 unspecified atom stereocenters. The third-order valence-electron chi connectivity index (χ3n) is 4.79. The first-order valence-electron chi connectivity index (χ1n) is 9.87. The number of carbonyl (C=O) groups excluding carboxylic acids is 1. The van der Waals surface area contributed by atoms with Crippen molar-refractivity contribution in [1.82, 2.24) is 9.97 Å². The van der Waals surface area contributed by atoms with Crippen LogP contribution in [-0.4, -0.2) is 29.0 Å². The van der Waals surface area contributed by atoms with E-state index >= 15 is 0 Å². The largest absolute Gasteiger partial charge is 0.372 e. The maximum atomic E-state index is 12.6. The van der Waals surface area contributed by atoms with E-state index in [1.165, 1.54) is 0 Å². The molecule has 0 bridgehead atoms. The van der Waals surface area contributed by atoms with E-state index in [0.717, 1.165) is 35.7 Å². The SMILES string of the molecule is CCN(CC)c1ccc(NC(=O)c2ccc(NCc3ccccn3)nc2)c(C)c1. The molecular formula is C23H27N5O. The first-order chi connectivity index (χ1) is 14.1. The maximum Gasteiger partial charge on any atom is 0.257 e. The monoisotopic (exact) mass is 389 g/mol. The van der Waals surface area contributed by atoms with E-state index in [2.05, 4.69) is 45.4 Å². The highest BCUT2D eigenvalue weighted by molar-refractivity contribution is 6.04. The summed E-state index contributed by atoms with van der Waals surface area (Å²) in [6, 6.07) is 15.4. The van der Waals surface area contributed by atoms with Crippen LogP contribution in [0.3, 0.4) is 0 Å². The van der Waals surface area contributed by atoms with Crippen LogP contribution >= 0.6 is 0 Å². The number of amides is 1. The zero-order chi connectivity index (χ0) is 20.6. The lowest BCUT2D eigenvalue weighted by molar-refractivity contribution is 0.102. The summed E-state index contributed by atoms with van der Waals surface area (Å²) in [5, 5.41) is 6.18. The number of nitrogens with one attached hydrogen (secondary N) is 2. The molecule has 2 aromatic heterocycles. The Labute approximate surface area is 172 Å². The summed E-state index contributed by atoms with van der Waals surface area (Å²) in [4.78, 5) is 23.5. The van der Waals surface area contributed by atoms with Gasteiger partial charge in [-0.05, 0) is 68.8 Å². The molecular weight excluding hydrogens is 362 g/mol. The van der Waals surface area contributed by atoms with Crippen LogP contribution in [0.2, 0.25) is 0 Å². The van der Waals surface area contributed by atoms with Gasteiger partial charge in [-0.3, -0.25) is 9.78 Å². The molecule has 0 aliphatic carbocycles. The summed E-state index contributed by atoms with van der Waals surface area (Å²) in [7, 11) is 0. The Kier molecular flexibility index (Phi) is 6.79. The van der Waals surface area contributed by atoms with Crippen LogP contribution in [-0.2, 0) is 6.54 Å². The highest BCUT2D eigenvalue weighted by Gasteiger charge is 2.10. The van der Waals surface area contributed by atoms with Crippen molar-refractivity contribution in [3.63, 3.8) is 0 Å². The number of hydrogen-bond donors (Lipinski definition) is 2. The number of rotatable bonds is 8. The van der Waals surface area contributed by atoms with Gasteiger partial charge in [-0.15, -0.1) is 0 Å². The third kappa shape index (κ3) is 5.31. The van der Waals surface area contributed by atoms with Gasteiger partial charge in [-0.25, -0.2) is 4.98 Å². The second-order valence-electron chi connectivity index (χ2n) is 6.73. The molecule has 150 valence electrons. The Hall–Kier alpha value is -3.41. The number of aryl methyl sites for hydroxylation is 1. The van der Waals surface area contributed by atoms with Crippen LogP contribution in [0.25, 0.3) is 0 Å².